The van der Waals surface area contributed by atoms with Crippen LogP contribution in [-0.2, 0) is 11.8 Å². The van der Waals surface area contributed by atoms with E-state index in [0.717, 1.165) is 25.7 Å². The number of aryl methyl sites for hydroxylation is 1. The van der Waals surface area contributed by atoms with E-state index in [1.165, 1.54) is 11.1 Å². The van der Waals surface area contributed by atoms with E-state index in [4.69, 9.17) is 0 Å². The molecule has 0 spiro atoms. The Balaban J connectivity index is 2.28. The summed E-state index contributed by atoms with van der Waals surface area (Å²) in [5, 5.41) is 9.65. The summed E-state index contributed by atoms with van der Waals surface area (Å²) >= 11 is 0. The van der Waals surface area contributed by atoms with Crippen LogP contribution in [-0.4, -0.2) is 11.2 Å². The zero-order valence-electron chi connectivity index (χ0n) is 9.66. The van der Waals surface area contributed by atoms with Crippen LogP contribution in [0.5, 0.6) is 0 Å². The third-order valence-corrected chi connectivity index (χ3v) is 3.75. The lowest BCUT2D eigenvalue weighted by Crippen LogP contribution is -2.18. The lowest BCUT2D eigenvalue weighted by atomic mass is 9.80. The molecule has 1 saturated carbocycles. The minimum absolute atomic E-state index is 0.0970. The van der Waals surface area contributed by atoms with Crippen molar-refractivity contribution in [2.24, 2.45) is 0 Å². The van der Waals surface area contributed by atoms with Gasteiger partial charge < -0.3 is 5.11 Å². The Hall–Kier alpha value is -0.820. The fourth-order valence-corrected chi connectivity index (χ4v) is 2.64. The first kappa shape index (κ1) is 10.7. The average molecular weight is 204 g/mol. The van der Waals surface area contributed by atoms with Crippen LogP contribution >= 0.6 is 0 Å². The number of aliphatic hydroxyl groups excluding tert-OH is 1. The molecule has 0 saturated heterocycles. The van der Waals surface area contributed by atoms with Gasteiger partial charge in [0.05, 0.1) is 6.10 Å². The van der Waals surface area contributed by atoms with Gasteiger partial charge in [0.25, 0.3) is 0 Å². The Kier molecular flexibility index (Phi) is 2.83. The molecular formula is C14H20O. The molecule has 1 heteroatoms. The molecule has 2 rings (SSSR count). The van der Waals surface area contributed by atoms with Gasteiger partial charge in [0.15, 0.2) is 0 Å². The van der Waals surface area contributed by atoms with Crippen molar-refractivity contribution in [3.63, 3.8) is 0 Å². The van der Waals surface area contributed by atoms with Gasteiger partial charge in [-0.2, -0.15) is 0 Å². The molecule has 0 radical (unpaired) electrons. The van der Waals surface area contributed by atoms with E-state index >= 15 is 0 Å². The summed E-state index contributed by atoms with van der Waals surface area (Å²) in [5.41, 5.74) is 3.00. The minimum atomic E-state index is -0.0970. The number of benzene rings is 1. The van der Waals surface area contributed by atoms with Gasteiger partial charge >= 0.3 is 0 Å². The second kappa shape index (κ2) is 3.97. The Morgan fingerprint density at radius 3 is 2.87 bits per heavy atom. The van der Waals surface area contributed by atoms with Crippen molar-refractivity contribution in [3.05, 3.63) is 35.4 Å². The summed E-state index contributed by atoms with van der Waals surface area (Å²) in [5.74, 6) is 0. The molecule has 15 heavy (non-hydrogen) atoms. The maximum atomic E-state index is 9.65. The fraction of sp³-hybridized carbons (Fsp3) is 0.571. The highest BCUT2D eigenvalue weighted by atomic mass is 16.3. The van der Waals surface area contributed by atoms with E-state index in [0.29, 0.717) is 0 Å². The zero-order chi connectivity index (χ0) is 10.9. The third-order valence-electron chi connectivity index (χ3n) is 3.75. The molecule has 1 aliphatic rings. The topological polar surface area (TPSA) is 20.2 Å². The molecule has 1 N–H and O–H groups in total. The molecule has 82 valence electrons. The first-order valence-corrected chi connectivity index (χ1v) is 5.91. The van der Waals surface area contributed by atoms with Crippen molar-refractivity contribution in [2.75, 3.05) is 0 Å². The lowest BCUT2D eigenvalue weighted by Gasteiger charge is -2.24. The number of hydrogen-bond donors (Lipinski definition) is 1. The highest BCUT2D eigenvalue weighted by Crippen LogP contribution is 2.40. The maximum Gasteiger partial charge on any atom is 0.0549 e. The SMILES string of the molecule is CCc1cccc(C2(C)CCC(O)C2)c1. The van der Waals surface area contributed by atoms with Gasteiger partial charge in [-0.15, -0.1) is 0 Å². The predicted molar refractivity (Wildman–Crippen MR) is 63.0 cm³/mol. The molecule has 1 fully saturated rings. The molecule has 0 amide bonds. The van der Waals surface area contributed by atoms with E-state index < -0.39 is 0 Å². The summed E-state index contributed by atoms with van der Waals surface area (Å²) < 4.78 is 0. The van der Waals surface area contributed by atoms with Gasteiger partial charge in [-0.05, 0) is 42.2 Å². The van der Waals surface area contributed by atoms with Crippen LogP contribution in [0.2, 0.25) is 0 Å². The lowest BCUT2D eigenvalue weighted by molar-refractivity contribution is 0.175. The van der Waals surface area contributed by atoms with Crippen molar-refractivity contribution in [3.8, 4) is 0 Å². The molecule has 1 aromatic rings. The van der Waals surface area contributed by atoms with E-state index in [2.05, 4.69) is 38.1 Å². The monoisotopic (exact) mass is 204 g/mol. The molecule has 0 bridgehead atoms. The molecule has 0 aliphatic heterocycles. The van der Waals surface area contributed by atoms with Gasteiger partial charge in [-0.3, -0.25) is 0 Å². The number of aliphatic hydroxyl groups is 1. The Morgan fingerprint density at radius 1 is 1.47 bits per heavy atom. The molecule has 1 aliphatic carbocycles. The summed E-state index contributed by atoms with van der Waals surface area (Å²) in [7, 11) is 0. The zero-order valence-corrected chi connectivity index (χ0v) is 9.66. The fourth-order valence-electron chi connectivity index (χ4n) is 2.64. The molecule has 0 heterocycles. The Bertz CT molecular complexity index is 345. The van der Waals surface area contributed by atoms with E-state index in [1.807, 2.05) is 0 Å². The average Bonchev–Trinajstić information content (AvgIpc) is 2.60. The normalized spacial score (nSPS) is 30.7. The predicted octanol–water partition coefficient (Wildman–Crippen LogP) is 3.05. The van der Waals surface area contributed by atoms with Gasteiger partial charge in [0.2, 0.25) is 0 Å². The van der Waals surface area contributed by atoms with Crippen molar-refractivity contribution in [1.29, 1.82) is 0 Å². The maximum absolute atomic E-state index is 9.65. The van der Waals surface area contributed by atoms with Crippen LogP contribution in [0.4, 0.5) is 0 Å². The molecular weight excluding hydrogens is 184 g/mol. The quantitative estimate of drug-likeness (QED) is 0.785. The molecule has 1 aromatic carbocycles. The van der Waals surface area contributed by atoms with Crippen LogP contribution < -0.4 is 0 Å². The highest BCUT2D eigenvalue weighted by molar-refractivity contribution is 5.31. The summed E-state index contributed by atoms with van der Waals surface area (Å²) in [6.45, 7) is 4.46. The van der Waals surface area contributed by atoms with Crippen LogP contribution in [0.3, 0.4) is 0 Å². The van der Waals surface area contributed by atoms with E-state index in [9.17, 15) is 5.11 Å². The Labute approximate surface area is 92.1 Å². The second-order valence-corrected chi connectivity index (χ2v) is 5.01. The van der Waals surface area contributed by atoms with Crippen molar-refractivity contribution in [1.82, 2.24) is 0 Å². The number of rotatable bonds is 2. The van der Waals surface area contributed by atoms with Crippen LogP contribution in [0, 0.1) is 0 Å². The Morgan fingerprint density at radius 2 is 2.27 bits per heavy atom. The van der Waals surface area contributed by atoms with Gasteiger partial charge in [-0.1, -0.05) is 38.1 Å². The second-order valence-electron chi connectivity index (χ2n) is 5.01. The third kappa shape index (κ3) is 2.07. The molecule has 2 atom stereocenters. The summed E-state index contributed by atoms with van der Waals surface area (Å²) in [4.78, 5) is 0. The first-order chi connectivity index (χ1) is 7.14. The number of hydrogen-bond acceptors (Lipinski definition) is 1. The van der Waals surface area contributed by atoms with E-state index in [-0.39, 0.29) is 11.5 Å². The van der Waals surface area contributed by atoms with Crippen LogP contribution in [0.25, 0.3) is 0 Å². The van der Waals surface area contributed by atoms with Gasteiger partial charge in [-0.25, -0.2) is 0 Å². The van der Waals surface area contributed by atoms with Crippen molar-refractivity contribution < 1.29 is 5.11 Å². The first-order valence-electron chi connectivity index (χ1n) is 5.91. The van der Waals surface area contributed by atoms with E-state index in [1.54, 1.807) is 0 Å². The van der Waals surface area contributed by atoms with Crippen molar-refractivity contribution in [2.45, 2.75) is 51.0 Å². The standard InChI is InChI=1S/C14H20O/c1-3-11-5-4-6-12(9-11)14(2)8-7-13(15)10-14/h4-6,9,13,15H,3,7-8,10H2,1-2H3. The highest BCUT2D eigenvalue weighted by Gasteiger charge is 2.35. The molecule has 1 nitrogen and oxygen atoms in total. The molecule has 2 unspecified atom stereocenters. The minimum Gasteiger partial charge on any atom is -0.393 e. The summed E-state index contributed by atoms with van der Waals surface area (Å²) in [6, 6.07) is 8.83. The largest absolute Gasteiger partial charge is 0.393 e. The van der Waals surface area contributed by atoms with Crippen LogP contribution in [0.1, 0.15) is 44.2 Å². The summed E-state index contributed by atoms with van der Waals surface area (Å²) in [6.07, 6.45) is 3.97. The smallest absolute Gasteiger partial charge is 0.0549 e. The van der Waals surface area contributed by atoms with Crippen molar-refractivity contribution >= 4 is 0 Å². The van der Waals surface area contributed by atoms with Gasteiger partial charge in [0, 0.05) is 0 Å². The van der Waals surface area contributed by atoms with Gasteiger partial charge in [0.1, 0.15) is 0 Å². The van der Waals surface area contributed by atoms with Crippen LogP contribution in [0.15, 0.2) is 24.3 Å². The molecule has 0 aromatic heterocycles.